The van der Waals surface area contributed by atoms with Gasteiger partial charge in [-0.25, -0.2) is 0 Å². The van der Waals surface area contributed by atoms with Crippen LogP contribution in [0.5, 0.6) is 5.75 Å². The minimum absolute atomic E-state index is 0.186. The average molecular weight is 517 g/mol. The Hall–Kier alpha value is -1.22. The highest BCUT2D eigenvalue weighted by atomic mass is 16.9. The molecule has 0 bridgehead atoms. The largest absolute Gasteiger partial charge is 0.494 e. The fraction of sp³-hybridized carbons (Fsp3) is 0.800. The summed E-state index contributed by atoms with van der Waals surface area (Å²) in [5.74, 6) is 0.499. The van der Waals surface area contributed by atoms with Gasteiger partial charge in [0.2, 0.25) is 0 Å². The van der Waals surface area contributed by atoms with Crippen LogP contribution >= 0.6 is 0 Å². The summed E-state index contributed by atoms with van der Waals surface area (Å²) in [5.41, 5.74) is 1.11. The Kier molecular flexibility index (Phi) is 7.81. The van der Waals surface area contributed by atoms with E-state index in [9.17, 15) is 0 Å². The zero-order chi connectivity index (χ0) is 25.3. The van der Waals surface area contributed by atoms with Crippen LogP contribution in [0.3, 0.4) is 0 Å². The lowest BCUT2D eigenvalue weighted by Crippen LogP contribution is -2.56. The fourth-order valence-corrected chi connectivity index (χ4v) is 6.56. The highest BCUT2D eigenvalue weighted by molar-refractivity contribution is 5.26. The highest BCUT2D eigenvalue weighted by Gasteiger charge is 2.63. The molecular weight excluding hydrogens is 472 g/mol. The van der Waals surface area contributed by atoms with Crippen LogP contribution in [0.1, 0.15) is 90.0 Å². The Balaban J connectivity index is 1.09. The predicted octanol–water partition coefficient (Wildman–Crippen LogP) is 5.87. The lowest BCUT2D eigenvalue weighted by molar-refractivity contribution is -0.256. The Morgan fingerprint density at radius 3 is 2.08 bits per heavy atom. The summed E-state index contributed by atoms with van der Waals surface area (Å²) in [7, 11) is 0. The Bertz CT molecular complexity index is 874. The molecule has 3 saturated heterocycles. The monoisotopic (exact) mass is 516 g/mol. The minimum atomic E-state index is -0.529. The molecule has 0 aromatic heterocycles. The van der Waals surface area contributed by atoms with Gasteiger partial charge in [0.25, 0.3) is 0 Å². The van der Waals surface area contributed by atoms with Crippen LogP contribution < -0.4 is 4.74 Å². The molecule has 5 atom stereocenters. The van der Waals surface area contributed by atoms with Crippen LogP contribution in [0.2, 0.25) is 0 Å². The molecule has 206 valence electrons. The Morgan fingerprint density at radius 1 is 0.784 bits per heavy atom. The maximum atomic E-state index is 6.72. The van der Waals surface area contributed by atoms with Crippen LogP contribution in [0.4, 0.5) is 0 Å². The molecule has 1 aromatic carbocycles. The summed E-state index contributed by atoms with van der Waals surface area (Å²) < 4.78 is 45.0. The summed E-state index contributed by atoms with van der Waals surface area (Å²) in [5, 5.41) is 0. The van der Waals surface area contributed by atoms with Crippen molar-refractivity contribution in [1.29, 1.82) is 0 Å². The van der Waals surface area contributed by atoms with E-state index in [4.69, 9.17) is 33.2 Å². The molecular formula is C30H44O7. The van der Waals surface area contributed by atoms with Gasteiger partial charge in [0.1, 0.15) is 30.2 Å². The Morgan fingerprint density at radius 2 is 1.41 bits per heavy atom. The smallest absolute Gasteiger partial charge is 0.190 e. The van der Waals surface area contributed by atoms with E-state index in [1.54, 1.807) is 0 Å². The highest BCUT2D eigenvalue weighted by Crippen LogP contribution is 2.50. The van der Waals surface area contributed by atoms with Crippen molar-refractivity contribution >= 4 is 0 Å². The summed E-state index contributed by atoms with van der Waals surface area (Å²) >= 11 is 0. The second-order valence-corrected chi connectivity index (χ2v) is 12.0. The van der Waals surface area contributed by atoms with Gasteiger partial charge < -0.3 is 33.2 Å². The molecule has 5 unspecified atom stereocenters. The third kappa shape index (κ3) is 5.73. The lowest BCUT2D eigenvalue weighted by Gasteiger charge is -2.37. The molecule has 7 nitrogen and oxygen atoms in total. The van der Waals surface area contributed by atoms with Crippen molar-refractivity contribution in [3.63, 3.8) is 0 Å². The second kappa shape index (κ2) is 11.1. The molecule has 7 heteroatoms. The quantitative estimate of drug-likeness (QED) is 0.428. The number of rotatable bonds is 8. The van der Waals surface area contributed by atoms with Gasteiger partial charge in [-0.1, -0.05) is 38.8 Å². The number of fused-ring (bicyclic) bond motifs is 3. The number of hydrogen-bond donors (Lipinski definition) is 0. The first-order valence-electron chi connectivity index (χ1n) is 14.7. The van der Waals surface area contributed by atoms with Gasteiger partial charge in [-0.05, 0) is 55.7 Å². The number of ether oxygens (including phenoxy) is 7. The van der Waals surface area contributed by atoms with Crippen LogP contribution in [0, 0.1) is 5.92 Å². The number of hydrogen-bond acceptors (Lipinski definition) is 7. The summed E-state index contributed by atoms with van der Waals surface area (Å²) in [4.78, 5) is 0. The second-order valence-electron chi connectivity index (χ2n) is 12.0. The van der Waals surface area contributed by atoms with E-state index in [0.29, 0.717) is 19.1 Å². The first-order valence-corrected chi connectivity index (χ1v) is 14.7. The van der Waals surface area contributed by atoms with Gasteiger partial charge in [0, 0.05) is 25.7 Å². The SMILES string of the molecule is CC(C)CCOc1ccc(COCC2OC3OC4(CCCCC4)OC3C3OC4(CCCCC4)OC23)cc1. The molecule has 2 spiro atoms. The maximum Gasteiger partial charge on any atom is 0.190 e. The Labute approximate surface area is 221 Å². The van der Waals surface area contributed by atoms with Gasteiger partial charge in [-0.3, -0.25) is 0 Å². The third-order valence-corrected chi connectivity index (χ3v) is 8.64. The average Bonchev–Trinajstić information content (AvgIpc) is 3.43. The van der Waals surface area contributed by atoms with Gasteiger partial charge in [0.05, 0.1) is 19.8 Å². The van der Waals surface area contributed by atoms with Crippen molar-refractivity contribution in [2.45, 2.75) is 133 Å². The number of benzene rings is 1. The molecule has 0 N–H and O–H groups in total. The van der Waals surface area contributed by atoms with Gasteiger partial charge in [0.15, 0.2) is 17.9 Å². The molecule has 37 heavy (non-hydrogen) atoms. The molecule has 0 radical (unpaired) electrons. The topological polar surface area (TPSA) is 64.6 Å². The van der Waals surface area contributed by atoms with E-state index in [1.165, 1.54) is 12.8 Å². The minimum Gasteiger partial charge on any atom is -0.494 e. The standard InChI is InChI=1S/C30H44O7/c1-21(2)13-18-32-23-11-9-22(10-12-23)19-31-20-24-25-26(35-29(34-25)14-5-3-6-15-29)27-28(33-24)37-30(36-27)16-7-4-8-17-30/h9-12,21,24-28H,3-8,13-20H2,1-2H3. The zero-order valence-corrected chi connectivity index (χ0v) is 22.5. The summed E-state index contributed by atoms with van der Waals surface area (Å²) in [6.45, 7) is 6.09. The lowest BCUT2D eigenvalue weighted by atomic mass is 9.94. The van der Waals surface area contributed by atoms with Crippen LogP contribution in [-0.2, 0) is 35.0 Å². The maximum absolute atomic E-state index is 6.72. The fourth-order valence-electron chi connectivity index (χ4n) is 6.56. The van der Waals surface area contributed by atoms with E-state index in [0.717, 1.165) is 75.7 Å². The molecule has 6 rings (SSSR count). The van der Waals surface area contributed by atoms with E-state index in [2.05, 4.69) is 26.0 Å². The molecule has 5 fully saturated rings. The molecule has 2 saturated carbocycles. The molecule has 2 aliphatic carbocycles. The van der Waals surface area contributed by atoms with Crippen molar-refractivity contribution in [3.8, 4) is 5.75 Å². The van der Waals surface area contributed by atoms with Gasteiger partial charge >= 0.3 is 0 Å². The van der Waals surface area contributed by atoms with Gasteiger partial charge in [-0.15, -0.1) is 0 Å². The first-order chi connectivity index (χ1) is 18.0. The molecule has 1 aromatic rings. The van der Waals surface area contributed by atoms with Crippen LogP contribution in [-0.4, -0.2) is 55.5 Å². The van der Waals surface area contributed by atoms with E-state index >= 15 is 0 Å². The van der Waals surface area contributed by atoms with E-state index < -0.39 is 17.9 Å². The van der Waals surface area contributed by atoms with Crippen molar-refractivity contribution in [1.82, 2.24) is 0 Å². The predicted molar refractivity (Wildman–Crippen MR) is 137 cm³/mol. The van der Waals surface area contributed by atoms with Crippen molar-refractivity contribution in [3.05, 3.63) is 29.8 Å². The summed E-state index contributed by atoms with van der Waals surface area (Å²) in [6.07, 6.45) is 10.4. The molecule has 0 amide bonds. The zero-order valence-electron chi connectivity index (χ0n) is 22.5. The summed E-state index contributed by atoms with van der Waals surface area (Å²) in [6, 6.07) is 8.17. The van der Waals surface area contributed by atoms with Crippen molar-refractivity contribution in [2.75, 3.05) is 13.2 Å². The van der Waals surface area contributed by atoms with Crippen LogP contribution in [0.15, 0.2) is 24.3 Å². The van der Waals surface area contributed by atoms with Crippen molar-refractivity contribution < 1.29 is 33.2 Å². The molecule has 3 aliphatic heterocycles. The van der Waals surface area contributed by atoms with Crippen molar-refractivity contribution in [2.24, 2.45) is 5.92 Å². The van der Waals surface area contributed by atoms with Crippen LogP contribution in [0.25, 0.3) is 0 Å². The normalized spacial score (nSPS) is 34.1. The van der Waals surface area contributed by atoms with Gasteiger partial charge in [-0.2, -0.15) is 0 Å². The van der Waals surface area contributed by atoms with E-state index in [-0.39, 0.29) is 24.4 Å². The third-order valence-electron chi connectivity index (χ3n) is 8.64. The molecule has 5 aliphatic rings. The van der Waals surface area contributed by atoms with E-state index in [1.807, 2.05) is 12.1 Å². The molecule has 3 heterocycles. The first kappa shape index (κ1) is 26.0.